The Hall–Kier alpha value is -3.99. The van der Waals surface area contributed by atoms with Gasteiger partial charge in [0.1, 0.15) is 23.4 Å². The summed E-state index contributed by atoms with van der Waals surface area (Å²) in [6.45, 7) is 11.4. The van der Waals surface area contributed by atoms with Gasteiger partial charge in [-0.1, -0.05) is 57.7 Å². The van der Waals surface area contributed by atoms with Gasteiger partial charge in [-0.05, 0) is 69.0 Å². The lowest BCUT2D eigenvalue weighted by Crippen LogP contribution is -2.55. The van der Waals surface area contributed by atoms with Crippen LogP contribution in [0.3, 0.4) is 0 Å². The number of carbonyl (C=O) groups is 3. The normalized spacial score (nSPS) is 13.2. The molecule has 0 heterocycles. The van der Waals surface area contributed by atoms with Crippen molar-refractivity contribution in [3.05, 3.63) is 59.7 Å². The minimum Gasteiger partial charge on any atom is -0.497 e. The fraction of sp³-hybridized carbons (Fsp3) is 0.469. The molecule has 40 heavy (non-hydrogen) atoms. The van der Waals surface area contributed by atoms with Crippen LogP contribution in [-0.2, 0) is 14.3 Å². The van der Waals surface area contributed by atoms with E-state index in [1.54, 1.807) is 76.4 Å². The summed E-state index contributed by atoms with van der Waals surface area (Å²) in [5, 5.41) is 5.72. The highest BCUT2D eigenvalue weighted by molar-refractivity contribution is 5.99. The number of alkyl carbamates (subject to hydrolysis) is 1. The van der Waals surface area contributed by atoms with Crippen LogP contribution in [0.5, 0.6) is 5.75 Å². The summed E-state index contributed by atoms with van der Waals surface area (Å²) in [5.74, 6) is 2.28. The molecule has 0 fully saturated rings. The fourth-order valence-corrected chi connectivity index (χ4v) is 4.19. The summed E-state index contributed by atoms with van der Waals surface area (Å²) >= 11 is 0. The zero-order valence-corrected chi connectivity index (χ0v) is 24.7. The van der Waals surface area contributed by atoms with E-state index in [2.05, 4.69) is 16.6 Å². The van der Waals surface area contributed by atoms with Crippen molar-refractivity contribution in [2.75, 3.05) is 19.0 Å². The van der Waals surface area contributed by atoms with Crippen molar-refractivity contribution in [1.82, 2.24) is 10.2 Å². The van der Waals surface area contributed by atoms with Gasteiger partial charge >= 0.3 is 6.09 Å². The Kier molecular flexibility index (Phi) is 12.1. The molecular formula is C32H43N3O5. The first kappa shape index (κ1) is 32.2. The molecule has 0 saturated carbocycles. The Bertz CT molecular complexity index is 1180. The van der Waals surface area contributed by atoms with E-state index in [4.69, 9.17) is 15.9 Å². The Balaban J connectivity index is 2.59. The largest absolute Gasteiger partial charge is 0.497 e. The van der Waals surface area contributed by atoms with Crippen LogP contribution in [-0.4, -0.2) is 48.1 Å². The van der Waals surface area contributed by atoms with Crippen LogP contribution in [0.25, 0.3) is 0 Å². The molecule has 0 aromatic heterocycles. The Morgan fingerprint density at radius 1 is 1.05 bits per heavy atom. The number of amides is 3. The quantitative estimate of drug-likeness (QED) is 0.320. The lowest BCUT2D eigenvalue weighted by Gasteiger charge is -2.36. The molecule has 0 aliphatic rings. The third-order valence-corrected chi connectivity index (χ3v) is 6.52. The number of benzene rings is 2. The maximum absolute atomic E-state index is 14.3. The third kappa shape index (κ3) is 9.04. The van der Waals surface area contributed by atoms with Gasteiger partial charge in [-0.3, -0.25) is 9.59 Å². The summed E-state index contributed by atoms with van der Waals surface area (Å²) < 4.78 is 10.7. The molecule has 3 unspecified atom stereocenters. The van der Waals surface area contributed by atoms with E-state index in [1.165, 1.54) is 4.90 Å². The van der Waals surface area contributed by atoms with Crippen molar-refractivity contribution < 1.29 is 23.9 Å². The summed E-state index contributed by atoms with van der Waals surface area (Å²) in [4.78, 5) is 42.6. The molecule has 2 N–H and O–H groups in total. The topological polar surface area (TPSA) is 97.0 Å². The number of unbranched alkanes of at least 4 members (excludes halogenated alkanes) is 1. The second-order valence-corrected chi connectivity index (χ2v) is 10.7. The molecule has 2 aromatic carbocycles. The molecule has 0 aliphatic carbocycles. The molecule has 2 aromatic rings. The molecule has 2 rings (SSSR count). The zero-order chi connectivity index (χ0) is 29.9. The molecule has 3 amide bonds. The lowest BCUT2D eigenvalue weighted by atomic mass is 9.94. The van der Waals surface area contributed by atoms with Crippen LogP contribution in [0, 0.1) is 18.3 Å². The molecule has 216 valence electrons. The smallest absolute Gasteiger partial charge is 0.408 e. The van der Waals surface area contributed by atoms with Gasteiger partial charge < -0.3 is 25.0 Å². The van der Waals surface area contributed by atoms with E-state index in [9.17, 15) is 14.4 Å². The Morgan fingerprint density at radius 3 is 2.25 bits per heavy atom. The molecule has 8 nitrogen and oxygen atoms in total. The first-order chi connectivity index (χ1) is 18.9. The molecule has 0 radical (unpaired) electrons. The van der Waals surface area contributed by atoms with Crippen molar-refractivity contribution >= 4 is 23.6 Å². The predicted octanol–water partition coefficient (Wildman–Crippen LogP) is 5.92. The van der Waals surface area contributed by atoms with Crippen molar-refractivity contribution in [3.63, 3.8) is 0 Å². The Labute approximate surface area is 238 Å². The maximum Gasteiger partial charge on any atom is 0.408 e. The SMILES string of the molecule is C#Cc1ccccc1C(C(=O)Nc1ccc(OC)cc1)N(CCCC)C(=O)C(NC(=O)OC(C)(C)C)C(C)CC. The number of hydrogen-bond donors (Lipinski definition) is 2. The molecule has 0 saturated heterocycles. The van der Waals surface area contributed by atoms with Gasteiger partial charge in [0.25, 0.3) is 5.91 Å². The number of methoxy groups -OCH3 is 1. The number of nitrogens with one attached hydrogen (secondary N) is 2. The highest BCUT2D eigenvalue weighted by Gasteiger charge is 2.38. The number of terminal acetylenes is 1. The van der Waals surface area contributed by atoms with E-state index in [0.717, 1.165) is 6.42 Å². The van der Waals surface area contributed by atoms with E-state index < -0.39 is 29.7 Å². The molecule has 0 bridgehead atoms. The van der Waals surface area contributed by atoms with E-state index in [-0.39, 0.29) is 18.4 Å². The second-order valence-electron chi connectivity index (χ2n) is 10.7. The van der Waals surface area contributed by atoms with Crippen LogP contribution in [0.2, 0.25) is 0 Å². The van der Waals surface area contributed by atoms with Crippen LogP contribution >= 0.6 is 0 Å². The number of carbonyl (C=O) groups excluding carboxylic acids is 3. The first-order valence-corrected chi connectivity index (χ1v) is 13.8. The van der Waals surface area contributed by atoms with Crippen molar-refractivity contribution in [3.8, 4) is 18.1 Å². The van der Waals surface area contributed by atoms with Crippen LogP contribution in [0.4, 0.5) is 10.5 Å². The summed E-state index contributed by atoms with van der Waals surface area (Å²) in [5.41, 5.74) is 0.844. The standard InChI is InChI=1S/C32H43N3O5/c1-9-12-21-35(30(37)27(22(4)10-2)34-31(38)40-32(5,6)7)28(26-16-14-13-15-23(26)11-3)29(36)33-24-17-19-25(39-8)20-18-24/h3,13-20,22,27-28H,9-10,12,21H2,1-2,4-8H3,(H,33,36)(H,34,38). The van der Waals surface area contributed by atoms with Crippen LogP contribution in [0.15, 0.2) is 48.5 Å². The molecular weight excluding hydrogens is 506 g/mol. The van der Waals surface area contributed by atoms with Crippen molar-refractivity contribution in [1.29, 1.82) is 0 Å². The van der Waals surface area contributed by atoms with Crippen LogP contribution in [0.1, 0.15) is 78.0 Å². The third-order valence-electron chi connectivity index (χ3n) is 6.52. The number of hydrogen-bond acceptors (Lipinski definition) is 5. The second kappa shape index (κ2) is 15.0. The van der Waals surface area contributed by atoms with E-state index >= 15 is 0 Å². The van der Waals surface area contributed by atoms with E-state index in [0.29, 0.717) is 35.4 Å². The fourth-order valence-electron chi connectivity index (χ4n) is 4.19. The number of rotatable bonds is 12. The Morgan fingerprint density at radius 2 is 1.70 bits per heavy atom. The monoisotopic (exact) mass is 549 g/mol. The van der Waals surface area contributed by atoms with Gasteiger partial charge in [-0.25, -0.2) is 4.79 Å². The summed E-state index contributed by atoms with van der Waals surface area (Å²) in [7, 11) is 1.57. The molecule has 8 heteroatoms. The minimum absolute atomic E-state index is 0.225. The predicted molar refractivity (Wildman–Crippen MR) is 158 cm³/mol. The van der Waals surface area contributed by atoms with E-state index in [1.807, 2.05) is 20.8 Å². The number of ether oxygens (including phenoxy) is 2. The van der Waals surface area contributed by atoms with Gasteiger partial charge in [0, 0.05) is 17.8 Å². The van der Waals surface area contributed by atoms with Gasteiger partial charge in [-0.2, -0.15) is 0 Å². The average Bonchev–Trinajstić information content (AvgIpc) is 2.92. The molecule has 0 aliphatic heterocycles. The maximum atomic E-state index is 14.3. The number of anilines is 1. The average molecular weight is 550 g/mol. The highest BCUT2D eigenvalue weighted by Crippen LogP contribution is 2.29. The highest BCUT2D eigenvalue weighted by atomic mass is 16.6. The molecule has 3 atom stereocenters. The summed E-state index contributed by atoms with van der Waals surface area (Å²) in [6.07, 6.45) is 7.20. The molecule has 0 spiro atoms. The van der Waals surface area contributed by atoms with Crippen LogP contribution < -0.4 is 15.4 Å². The number of nitrogens with zero attached hydrogens (tertiary/aromatic N) is 1. The van der Waals surface area contributed by atoms with Gasteiger partial charge in [0.05, 0.1) is 7.11 Å². The first-order valence-electron chi connectivity index (χ1n) is 13.8. The van der Waals surface area contributed by atoms with Gasteiger partial charge in [-0.15, -0.1) is 6.42 Å². The lowest BCUT2D eigenvalue weighted by molar-refractivity contribution is -0.142. The zero-order valence-electron chi connectivity index (χ0n) is 24.7. The minimum atomic E-state index is -1.04. The van der Waals surface area contributed by atoms with Gasteiger partial charge in [0.2, 0.25) is 5.91 Å². The van der Waals surface area contributed by atoms with Crippen molar-refractivity contribution in [2.24, 2.45) is 5.92 Å². The van der Waals surface area contributed by atoms with Crippen molar-refractivity contribution in [2.45, 2.75) is 78.5 Å². The summed E-state index contributed by atoms with van der Waals surface area (Å²) in [6, 6.07) is 12.1. The van der Waals surface area contributed by atoms with Gasteiger partial charge in [0.15, 0.2) is 0 Å².